The molecule has 0 fully saturated rings. The summed E-state index contributed by atoms with van der Waals surface area (Å²) in [6.07, 6.45) is 4.36. The maximum Gasteiger partial charge on any atom is 0.159 e. The third-order valence-electron chi connectivity index (χ3n) is 2.24. The van der Waals surface area contributed by atoms with Crippen LogP contribution in [0.5, 0.6) is 0 Å². The lowest BCUT2D eigenvalue weighted by Crippen LogP contribution is -2.04. The molecule has 1 aromatic heterocycles. The molecule has 0 radical (unpaired) electrons. The second-order valence-electron chi connectivity index (χ2n) is 3.27. The molecule has 0 amide bonds. The Hall–Kier alpha value is -1.74. The largest absolute Gasteiger partial charge is 0.330 e. The normalized spacial score (nSPS) is 10.2. The predicted molar refractivity (Wildman–Crippen MR) is 60.2 cm³/mol. The molecule has 0 aliphatic rings. The van der Waals surface area contributed by atoms with Gasteiger partial charge < -0.3 is 5.73 Å². The fourth-order valence-corrected chi connectivity index (χ4v) is 1.55. The average Bonchev–Trinajstić information content (AvgIpc) is 2.31. The van der Waals surface area contributed by atoms with Crippen molar-refractivity contribution in [2.24, 2.45) is 5.73 Å². The highest BCUT2D eigenvalue weighted by molar-refractivity contribution is 5.59. The molecule has 76 valence electrons. The van der Waals surface area contributed by atoms with Crippen molar-refractivity contribution in [2.45, 2.75) is 6.42 Å². The quantitative estimate of drug-likeness (QED) is 0.817. The molecule has 0 atom stereocenters. The van der Waals surface area contributed by atoms with Gasteiger partial charge in [-0.1, -0.05) is 24.3 Å². The van der Waals surface area contributed by atoms with Gasteiger partial charge in [-0.3, -0.25) is 0 Å². The summed E-state index contributed by atoms with van der Waals surface area (Å²) >= 11 is 0. The van der Waals surface area contributed by atoms with Crippen LogP contribution in [0.1, 0.15) is 5.56 Å². The van der Waals surface area contributed by atoms with Crippen molar-refractivity contribution in [1.29, 1.82) is 0 Å². The Morgan fingerprint density at radius 1 is 1.00 bits per heavy atom. The minimum absolute atomic E-state index is 0.643. The Morgan fingerprint density at radius 3 is 2.47 bits per heavy atom. The summed E-state index contributed by atoms with van der Waals surface area (Å²) in [5, 5.41) is 0. The van der Waals surface area contributed by atoms with Crippen LogP contribution in [-0.4, -0.2) is 16.5 Å². The Balaban J connectivity index is 2.43. The zero-order chi connectivity index (χ0) is 10.5. The molecule has 0 unspecified atom stereocenters. The van der Waals surface area contributed by atoms with E-state index in [1.807, 2.05) is 24.3 Å². The second-order valence-corrected chi connectivity index (χ2v) is 3.27. The molecule has 0 saturated carbocycles. The number of hydrogen-bond acceptors (Lipinski definition) is 3. The third kappa shape index (κ3) is 2.19. The van der Waals surface area contributed by atoms with Crippen molar-refractivity contribution in [3.63, 3.8) is 0 Å². The predicted octanol–water partition coefficient (Wildman–Crippen LogP) is 1.64. The van der Waals surface area contributed by atoms with E-state index in [2.05, 4.69) is 16.0 Å². The lowest BCUT2D eigenvalue weighted by Gasteiger charge is -2.06. The van der Waals surface area contributed by atoms with Gasteiger partial charge in [0.15, 0.2) is 5.82 Å². The van der Waals surface area contributed by atoms with Gasteiger partial charge in [-0.25, -0.2) is 9.97 Å². The molecule has 0 aliphatic heterocycles. The van der Waals surface area contributed by atoms with Crippen LogP contribution in [0.4, 0.5) is 0 Å². The Labute approximate surface area is 89.0 Å². The fourth-order valence-electron chi connectivity index (χ4n) is 1.55. The summed E-state index contributed by atoms with van der Waals surface area (Å²) in [5.41, 5.74) is 7.84. The van der Waals surface area contributed by atoms with Gasteiger partial charge in [0, 0.05) is 18.0 Å². The maximum absolute atomic E-state index is 5.57. The van der Waals surface area contributed by atoms with E-state index < -0.39 is 0 Å². The van der Waals surface area contributed by atoms with Crippen LogP contribution in [-0.2, 0) is 6.42 Å². The van der Waals surface area contributed by atoms with E-state index in [0.29, 0.717) is 6.54 Å². The topological polar surface area (TPSA) is 51.8 Å². The van der Waals surface area contributed by atoms with Crippen LogP contribution in [0.3, 0.4) is 0 Å². The highest BCUT2D eigenvalue weighted by atomic mass is 14.9. The average molecular weight is 199 g/mol. The van der Waals surface area contributed by atoms with Gasteiger partial charge in [0.05, 0.1) is 0 Å². The molecule has 2 N–H and O–H groups in total. The van der Waals surface area contributed by atoms with Crippen LogP contribution in [0.25, 0.3) is 11.4 Å². The zero-order valence-corrected chi connectivity index (χ0v) is 8.43. The van der Waals surface area contributed by atoms with Crippen LogP contribution in [0.15, 0.2) is 42.7 Å². The first-order chi connectivity index (χ1) is 7.42. The summed E-state index contributed by atoms with van der Waals surface area (Å²) in [6, 6.07) is 9.91. The molecule has 3 heteroatoms. The highest BCUT2D eigenvalue weighted by Gasteiger charge is 2.04. The highest BCUT2D eigenvalue weighted by Crippen LogP contribution is 2.19. The van der Waals surface area contributed by atoms with E-state index in [0.717, 1.165) is 17.8 Å². The molecular formula is C12H13N3. The minimum atomic E-state index is 0.643. The smallest absolute Gasteiger partial charge is 0.159 e. The van der Waals surface area contributed by atoms with Gasteiger partial charge in [0.25, 0.3) is 0 Å². The van der Waals surface area contributed by atoms with Gasteiger partial charge in [-0.05, 0) is 24.6 Å². The van der Waals surface area contributed by atoms with Crippen molar-refractivity contribution in [3.8, 4) is 11.4 Å². The summed E-state index contributed by atoms with van der Waals surface area (Å²) < 4.78 is 0. The van der Waals surface area contributed by atoms with Crippen molar-refractivity contribution < 1.29 is 0 Å². The van der Waals surface area contributed by atoms with Crippen LogP contribution >= 0.6 is 0 Å². The van der Waals surface area contributed by atoms with Crippen molar-refractivity contribution >= 4 is 0 Å². The van der Waals surface area contributed by atoms with Crippen molar-refractivity contribution in [2.75, 3.05) is 6.54 Å². The summed E-state index contributed by atoms with van der Waals surface area (Å²) in [7, 11) is 0. The number of nitrogens with zero attached hydrogens (tertiary/aromatic N) is 2. The first-order valence-electron chi connectivity index (χ1n) is 4.97. The third-order valence-corrected chi connectivity index (χ3v) is 2.24. The molecule has 1 aromatic carbocycles. The van der Waals surface area contributed by atoms with Gasteiger partial charge in [-0.2, -0.15) is 0 Å². The first kappa shape index (κ1) is 9.80. The minimum Gasteiger partial charge on any atom is -0.330 e. The molecular weight excluding hydrogens is 186 g/mol. The Kier molecular flexibility index (Phi) is 3.05. The zero-order valence-electron chi connectivity index (χ0n) is 8.43. The lowest BCUT2D eigenvalue weighted by molar-refractivity contribution is 0.966. The van der Waals surface area contributed by atoms with E-state index in [4.69, 9.17) is 5.73 Å². The van der Waals surface area contributed by atoms with E-state index in [9.17, 15) is 0 Å². The first-order valence-corrected chi connectivity index (χ1v) is 4.97. The van der Waals surface area contributed by atoms with Gasteiger partial charge in [0.1, 0.15) is 0 Å². The molecule has 0 bridgehead atoms. The fraction of sp³-hybridized carbons (Fsp3) is 0.167. The lowest BCUT2D eigenvalue weighted by atomic mass is 10.0. The van der Waals surface area contributed by atoms with Gasteiger partial charge in [-0.15, -0.1) is 0 Å². The monoisotopic (exact) mass is 199 g/mol. The number of hydrogen-bond donors (Lipinski definition) is 1. The van der Waals surface area contributed by atoms with E-state index >= 15 is 0 Å². The summed E-state index contributed by atoms with van der Waals surface area (Å²) in [5.74, 6) is 0.765. The summed E-state index contributed by atoms with van der Waals surface area (Å²) in [6.45, 7) is 0.643. The van der Waals surface area contributed by atoms with Gasteiger partial charge >= 0.3 is 0 Å². The molecule has 0 saturated heterocycles. The maximum atomic E-state index is 5.57. The Morgan fingerprint density at radius 2 is 1.73 bits per heavy atom. The summed E-state index contributed by atoms with van der Waals surface area (Å²) in [4.78, 5) is 8.48. The van der Waals surface area contributed by atoms with E-state index in [-0.39, 0.29) is 0 Å². The molecule has 15 heavy (non-hydrogen) atoms. The SMILES string of the molecule is NCCc1ccccc1-c1ncccn1. The second kappa shape index (κ2) is 4.66. The van der Waals surface area contributed by atoms with Crippen LogP contribution in [0, 0.1) is 0 Å². The van der Waals surface area contributed by atoms with Crippen molar-refractivity contribution in [3.05, 3.63) is 48.3 Å². The molecule has 0 aliphatic carbocycles. The number of benzene rings is 1. The number of nitrogens with two attached hydrogens (primary N) is 1. The van der Waals surface area contributed by atoms with Crippen molar-refractivity contribution in [1.82, 2.24) is 9.97 Å². The Bertz CT molecular complexity index is 426. The van der Waals surface area contributed by atoms with E-state index in [1.165, 1.54) is 5.56 Å². The number of rotatable bonds is 3. The van der Waals surface area contributed by atoms with Crippen LogP contribution < -0.4 is 5.73 Å². The molecule has 1 heterocycles. The molecule has 0 spiro atoms. The van der Waals surface area contributed by atoms with E-state index in [1.54, 1.807) is 12.4 Å². The number of aromatic nitrogens is 2. The van der Waals surface area contributed by atoms with Gasteiger partial charge in [0.2, 0.25) is 0 Å². The standard InChI is InChI=1S/C12H13N3/c13-7-6-10-4-1-2-5-11(10)12-14-8-3-9-15-12/h1-5,8-9H,6-7,13H2. The molecule has 2 rings (SSSR count). The molecule has 2 aromatic rings. The molecule has 3 nitrogen and oxygen atoms in total. The van der Waals surface area contributed by atoms with Crippen LogP contribution in [0.2, 0.25) is 0 Å².